The lowest BCUT2D eigenvalue weighted by molar-refractivity contribution is -0.116. The van der Waals surface area contributed by atoms with Crippen LogP contribution in [0.1, 0.15) is 41.3 Å². The Morgan fingerprint density at radius 2 is 1.75 bits per heavy atom. The molecule has 3 aromatic carbocycles. The molecule has 0 atom stereocenters. The first-order valence-electron chi connectivity index (χ1n) is 10.8. The van der Waals surface area contributed by atoms with Crippen LogP contribution in [0.4, 0.5) is 5.95 Å². The van der Waals surface area contributed by atoms with E-state index in [9.17, 15) is 9.59 Å². The number of nitrogens with zero attached hydrogens (tertiary/aromatic N) is 1. The van der Waals surface area contributed by atoms with Crippen LogP contribution >= 0.6 is 0 Å². The van der Waals surface area contributed by atoms with Crippen molar-refractivity contribution in [1.29, 1.82) is 0 Å². The normalized spacial score (nSPS) is 10.8. The number of carbonyl (C=O) groups is 2. The highest BCUT2D eigenvalue weighted by Crippen LogP contribution is 2.25. The number of H-pyrrole nitrogens is 1. The number of hydrogen-bond donors (Lipinski definition) is 3. The number of aromatic nitrogens is 2. The van der Waals surface area contributed by atoms with Crippen molar-refractivity contribution in [3.63, 3.8) is 0 Å². The molecule has 0 fully saturated rings. The summed E-state index contributed by atoms with van der Waals surface area (Å²) in [6.07, 6.45) is 1.24. The molecular weight excluding hydrogens is 400 g/mol. The largest absolute Gasteiger partial charge is 0.348 e. The second kappa shape index (κ2) is 9.47. The number of carbonyl (C=O) groups excluding carboxylic acids is 2. The van der Waals surface area contributed by atoms with Gasteiger partial charge < -0.3 is 10.3 Å². The fraction of sp³-hybridized carbons (Fsp3) is 0.192. The first-order chi connectivity index (χ1) is 15.5. The predicted molar refractivity (Wildman–Crippen MR) is 127 cm³/mol. The molecule has 6 nitrogen and oxygen atoms in total. The number of rotatable bonds is 7. The quantitative estimate of drug-likeness (QED) is 0.379. The summed E-state index contributed by atoms with van der Waals surface area (Å²) in [4.78, 5) is 32.1. The lowest BCUT2D eigenvalue weighted by atomic mass is 10.0. The minimum Gasteiger partial charge on any atom is -0.348 e. The van der Waals surface area contributed by atoms with Crippen molar-refractivity contribution in [3.05, 3.63) is 83.4 Å². The summed E-state index contributed by atoms with van der Waals surface area (Å²) in [5.41, 5.74) is 6.34. The number of amides is 2. The van der Waals surface area contributed by atoms with Gasteiger partial charge in [0.15, 0.2) is 0 Å². The maximum Gasteiger partial charge on any atom is 0.251 e. The van der Waals surface area contributed by atoms with Gasteiger partial charge in [0.25, 0.3) is 5.91 Å². The van der Waals surface area contributed by atoms with Gasteiger partial charge in [-0.25, -0.2) is 4.98 Å². The maximum atomic E-state index is 12.7. The van der Waals surface area contributed by atoms with E-state index < -0.39 is 0 Å². The van der Waals surface area contributed by atoms with Gasteiger partial charge in [-0.1, -0.05) is 55.0 Å². The van der Waals surface area contributed by atoms with Crippen molar-refractivity contribution < 1.29 is 9.59 Å². The molecule has 32 heavy (non-hydrogen) atoms. The molecule has 0 bridgehead atoms. The van der Waals surface area contributed by atoms with Crippen LogP contribution in [0.5, 0.6) is 0 Å². The number of benzene rings is 3. The van der Waals surface area contributed by atoms with Crippen molar-refractivity contribution in [2.45, 2.75) is 33.2 Å². The fourth-order valence-corrected chi connectivity index (χ4v) is 3.50. The summed E-state index contributed by atoms with van der Waals surface area (Å²) in [6, 6.07) is 21.5. The van der Waals surface area contributed by atoms with E-state index >= 15 is 0 Å². The Morgan fingerprint density at radius 1 is 0.969 bits per heavy atom. The number of nitrogens with one attached hydrogen (secondary N) is 3. The third-order valence-corrected chi connectivity index (χ3v) is 5.25. The monoisotopic (exact) mass is 426 g/mol. The summed E-state index contributed by atoms with van der Waals surface area (Å²) >= 11 is 0. The molecular formula is C26H26N4O2. The van der Waals surface area contributed by atoms with Crippen molar-refractivity contribution in [3.8, 4) is 11.1 Å². The summed E-state index contributed by atoms with van der Waals surface area (Å²) in [7, 11) is 0. The van der Waals surface area contributed by atoms with Crippen molar-refractivity contribution in [2.24, 2.45) is 0 Å². The topological polar surface area (TPSA) is 86.9 Å². The van der Waals surface area contributed by atoms with Crippen LogP contribution < -0.4 is 10.6 Å². The van der Waals surface area contributed by atoms with E-state index in [1.807, 2.05) is 80.6 Å². The van der Waals surface area contributed by atoms with Crippen LogP contribution in [0.2, 0.25) is 0 Å². The number of hydrogen-bond acceptors (Lipinski definition) is 3. The third-order valence-electron chi connectivity index (χ3n) is 5.25. The predicted octanol–water partition coefficient (Wildman–Crippen LogP) is 5.21. The molecule has 4 aromatic rings. The van der Waals surface area contributed by atoms with Crippen LogP contribution in [-0.4, -0.2) is 21.8 Å². The Morgan fingerprint density at radius 3 is 2.53 bits per heavy atom. The molecule has 0 aliphatic rings. The molecule has 1 heterocycles. The molecule has 4 rings (SSSR count). The molecule has 6 heteroatoms. The molecule has 0 spiro atoms. The van der Waals surface area contributed by atoms with Crippen molar-refractivity contribution in [1.82, 2.24) is 15.3 Å². The van der Waals surface area contributed by atoms with Gasteiger partial charge in [0, 0.05) is 18.5 Å². The molecule has 0 radical (unpaired) electrons. The smallest absolute Gasteiger partial charge is 0.251 e. The third kappa shape index (κ3) is 5.03. The van der Waals surface area contributed by atoms with Crippen LogP contribution in [0.3, 0.4) is 0 Å². The molecule has 0 saturated carbocycles. The second-order valence-electron chi connectivity index (χ2n) is 7.86. The van der Waals surface area contributed by atoms with Gasteiger partial charge in [-0.15, -0.1) is 0 Å². The number of imidazole rings is 1. The SMILES string of the molecule is CCCC(=O)Nc1nc2ccc(-c3cccc(C(=O)NCc4ccc(C)cc4)c3)cc2[nH]1. The molecule has 0 aliphatic heterocycles. The minimum absolute atomic E-state index is 0.0591. The van der Waals surface area contributed by atoms with Gasteiger partial charge >= 0.3 is 0 Å². The molecule has 3 N–H and O–H groups in total. The van der Waals surface area contributed by atoms with Gasteiger partial charge in [0.1, 0.15) is 0 Å². The zero-order valence-corrected chi connectivity index (χ0v) is 18.2. The Labute approximate surface area is 187 Å². The highest BCUT2D eigenvalue weighted by atomic mass is 16.2. The molecule has 2 amide bonds. The van der Waals surface area contributed by atoms with E-state index in [4.69, 9.17) is 0 Å². The van der Waals surface area contributed by atoms with Crippen molar-refractivity contribution >= 4 is 28.8 Å². The standard InChI is InChI=1S/C26H26N4O2/c1-3-5-24(31)30-26-28-22-13-12-20(15-23(22)29-26)19-6-4-7-21(14-19)25(32)27-16-18-10-8-17(2)9-11-18/h4,6-15H,3,5,16H2,1-2H3,(H,27,32)(H2,28,29,30,31). The summed E-state index contributed by atoms with van der Waals surface area (Å²) < 4.78 is 0. The first kappa shape index (κ1) is 21.3. The number of aromatic amines is 1. The van der Waals surface area contributed by atoms with Crippen molar-refractivity contribution in [2.75, 3.05) is 5.32 Å². The van der Waals surface area contributed by atoms with Gasteiger partial charge in [0.2, 0.25) is 11.9 Å². The van der Waals surface area contributed by atoms with E-state index in [-0.39, 0.29) is 11.8 Å². The second-order valence-corrected chi connectivity index (χ2v) is 7.86. The number of fused-ring (bicyclic) bond motifs is 1. The van der Waals surface area contributed by atoms with E-state index in [1.54, 1.807) is 0 Å². The highest BCUT2D eigenvalue weighted by molar-refractivity contribution is 5.96. The van der Waals surface area contributed by atoms with Gasteiger partial charge in [-0.05, 0) is 54.3 Å². The lowest BCUT2D eigenvalue weighted by Crippen LogP contribution is -2.22. The van der Waals surface area contributed by atoms with E-state index in [0.29, 0.717) is 24.5 Å². The Balaban J connectivity index is 1.49. The van der Waals surface area contributed by atoms with Crippen LogP contribution in [0, 0.1) is 6.92 Å². The van der Waals surface area contributed by atoms with Crippen LogP contribution in [0.15, 0.2) is 66.7 Å². The van der Waals surface area contributed by atoms with Gasteiger partial charge in [-0.3, -0.25) is 14.9 Å². The number of anilines is 1. The Kier molecular flexibility index (Phi) is 6.31. The average molecular weight is 427 g/mol. The molecule has 1 aromatic heterocycles. The molecule has 0 aliphatic carbocycles. The lowest BCUT2D eigenvalue weighted by Gasteiger charge is -2.08. The minimum atomic E-state index is -0.115. The Bertz CT molecular complexity index is 1260. The first-order valence-corrected chi connectivity index (χ1v) is 10.8. The van der Waals surface area contributed by atoms with E-state index in [1.165, 1.54) is 5.56 Å². The molecule has 0 saturated heterocycles. The van der Waals surface area contributed by atoms with Crippen LogP contribution in [-0.2, 0) is 11.3 Å². The zero-order chi connectivity index (χ0) is 22.5. The molecule has 162 valence electrons. The summed E-state index contributed by atoms with van der Waals surface area (Å²) in [5, 5.41) is 5.77. The Hall–Kier alpha value is -3.93. The van der Waals surface area contributed by atoms with Crippen LogP contribution in [0.25, 0.3) is 22.2 Å². The van der Waals surface area contributed by atoms with Gasteiger partial charge in [-0.2, -0.15) is 0 Å². The fourth-order valence-electron chi connectivity index (χ4n) is 3.50. The number of aryl methyl sites for hydroxylation is 1. The molecule has 0 unspecified atom stereocenters. The maximum absolute atomic E-state index is 12.7. The summed E-state index contributed by atoms with van der Waals surface area (Å²) in [6.45, 7) is 4.48. The average Bonchev–Trinajstić information content (AvgIpc) is 3.20. The summed E-state index contributed by atoms with van der Waals surface area (Å²) in [5.74, 6) is 0.270. The highest BCUT2D eigenvalue weighted by Gasteiger charge is 2.10. The van der Waals surface area contributed by atoms with E-state index in [0.717, 1.165) is 34.1 Å². The zero-order valence-electron chi connectivity index (χ0n) is 18.2. The van der Waals surface area contributed by atoms with E-state index in [2.05, 4.69) is 20.6 Å². The van der Waals surface area contributed by atoms with Gasteiger partial charge in [0.05, 0.1) is 11.0 Å².